The van der Waals surface area contributed by atoms with E-state index in [2.05, 4.69) is 15.0 Å². The summed E-state index contributed by atoms with van der Waals surface area (Å²) >= 11 is 7.21. The number of carbonyl (C=O) groups excluding carboxylic acids is 1. The Morgan fingerprint density at radius 1 is 1.06 bits per heavy atom. The van der Waals surface area contributed by atoms with E-state index in [-0.39, 0.29) is 22.4 Å². The Morgan fingerprint density at radius 3 is 2.44 bits per heavy atom. The lowest BCUT2D eigenvalue weighted by Gasteiger charge is -2.17. The van der Waals surface area contributed by atoms with E-state index >= 15 is 0 Å². The first-order valence-electron chi connectivity index (χ1n) is 10.1. The van der Waals surface area contributed by atoms with Crippen LogP contribution in [0.25, 0.3) is 11.3 Å². The van der Waals surface area contributed by atoms with Gasteiger partial charge in [0.15, 0.2) is 16.8 Å². The average molecular weight is 503 g/mol. The molecular weight excluding hydrogens is 485 g/mol. The van der Waals surface area contributed by atoms with Crippen molar-refractivity contribution < 1.29 is 18.0 Å². The van der Waals surface area contributed by atoms with E-state index in [1.54, 1.807) is 19.4 Å². The quantitative estimate of drug-likeness (QED) is 0.245. The maximum absolute atomic E-state index is 13.6. The first-order chi connectivity index (χ1) is 16.3. The third-order valence-electron chi connectivity index (χ3n) is 4.98. The topological polar surface area (TPSA) is 61.9 Å². The minimum atomic E-state index is -1.03. The van der Waals surface area contributed by atoms with Gasteiger partial charge in [-0.25, -0.2) is 18.2 Å². The molecule has 0 saturated carbocycles. The highest BCUT2D eigenvalue weighted by Gasteiger charge is 2.22. The van der Waals surface area contributed by atoms with Crippen molar-refractivity contribution in [3.8, 4) is 11.3 Å². The highest BCUT2D eigenvalue weighted by molar-refractivity contribution is 7.98. The van der Waals surface area contributed by atoms with E-state index in [0.29, 0.717) is 28.5 Å². The highest BCUT2D eigenvalue weighted by Crippen LogP contribution is 2.31. The summed E-state index contributed by atoms with van der Waals surface area (Å²) in [5, 5.41) is 0.464. The van der Waals surface area contributed by atoms with Gasteiger partial charge in [0.1, 0.15) is 17.2 Å². The average Bonchev–Trinajstić information content (AvgIpc) is 3.25. The van der Waals surface area contributed by atoms with Crippen LogP contribution in [0.1, 0.15) is 21.6 Å². The summed E-state index contributed by atoms with van der Waals surface area (Å²) in [6.07, 6.45) is 3.29. The molecule has 0 unspecified atom stereocenters. The van der Waals surface area contributed by atoms with Gasteiger partial charge in [-0.15, -0.1) is 0 Å². The van der Waals surface area contributed by atoms with Crippen molar-refractivity contribution in [2.45, 2.75) is 17.5 Å². The number of aromatic nitrogens is 3. The number of aromatic amines is 1. The van der Waals surface area contributed by atoms with Crippen LogP contribution in [-0.4, -0.2) is 32.8 Å². The molecule has 5 nitrogen and oxygen atoms in total. The first-order valence-corrected chi connectivity index (χ1v) is 11.4. The molecule has 0 saturated heterocycles. The monoisotopic (exact) mass is 502 g/mol. The van der Waals surface area contributed by atoms with Crippen molar-refractivity contribution in [3.05, 3.63) is 100 Å². The number of nitrogens with zero attached hydrogens (tertiary/aromatic N) is 3. The van der Waals surface area contributed by atoms with Crippen LogP contribution in [0.5, 0.6) is 0 Å². The summed E-state index contributed by atoms with van der Waals surface area (Å²) in [4.78, 5) is 26.3. The van der Waals surface area contributed by atoms with Crippen LogP contribution in [0.4, 0.5) is 13.2 Å². The van der Waals surface area contributed by atoms with Gasteiger partial charge in [0.05, 0.1) is 0 Å². The first kappa shape index (κ1) is 23.8. The summed E-state index contributed by atoms with van der Waals surface area (Å²) in [7, 11) is 1.66. The minimum Gasteiger partial charge on any atom is -0.336 e. The zero-order valence-corrected chi connectivity index (χ0v) is 19.4. The Kier molecular flexibility index (Phi) is 7.23. The van der Waals surface area contributed by atoms with E-state index in [0.717, 1.165) is 17.7 Å². The smallest absolute Gasteiger partial charge is 0.272 e. The Bertz CT molecular complexity index is 1320. The molecule has 2 aromatic heterocycles. The second-order valence-corrected chi connectivity index (χ2v) is 8.81. The lowest BCUT2D eigenvalue weighted by atomic mass is 10.1. The van der Waals surface area contributed by atoms with E-state index in [4.69, 9.17) is 11.6 Å². The van der Waals surface area contributed by atoms with Crippen LogP contribution in [0, 0.1) is 17.5 Å². The van der Waals surface area contributed by atoms with Gasteiger partial charge in [-0.3, -0.25) is 9.78 Å². The number of imidazole rings is 1. The van der Waals surface area contributed by atoms with E-state index in [9.17, 15) is 18.0 Å². The number of halogens is 4. The third-order valence-corrected chi connectivity index (χ3v) is 6.26. The second kappa shape index (κ2) is 10.3. The zero-order chi connectivity index (χ0) is 24.2. The van der Waals surface area contributed by atoms with Crippen molar-refractivity contribution in [2.24, 2.45) is 0 Å². The summed E-state index contributed by atoms with van der Waals surface area (Å²) in [5.74, 6) is -2.57. The molecule has 10 heteroatoms. The van der Waals surface area contributed by atoms with Gasteiger partial charge in [-0.2, -0.15) is 0 Å². The zero-order valence-electron chi connectivity index (χ0n) is 17.9. The summed E-state index contributed by atoms with van der Waals surface area (Å²) < 4.78 is 40.5. The van der Waals surface area contributed by atoms with Crippen molar-refractivity contribution in [1.29, 1.82) is 0 Å². The number of hydrogen-bond acceptors (Lipinski definition) is 4. The normalized spacial score (nSPS) is 11.0. The summed E-state index contributed by atoms with van der Waals surface area (Å²) in [5.41, 5.74) is 2.41. The van der Waals surface area contributed by atoms with Crippen LogP contribution in [0.3, 0.4) is 0 Å². The van der Waals surface area contributed by atoms with Crippen molar-refractivity contribution >= 4 is 29.3 Å². The van der Waals surface area contributed by atoms with Gasteiger partial charge in [0.2, 0.25) is 0 Å². The van der Waals surface area contributed by atoms with Crippen molar-refractivity contribution in [2.75, 3.05) is 7.05 Å². The standard InChI is InChI=1S/C24H18ClF3N4OS/c1-32(12-14-6-8-29-9-7-14)23(33)22-21(15-2-4-17(26)5-3-15)30-24(31-22)34-13-16-10-19(27)20(28)11-18(16)25/h2-11H,12-13H2,1H3,(H,30,31). The number of nitrogens with one attached hydrogen (secondary N) is 1. The van der Waals surface area contributed by atoms with Gasteiger partial charge in [0.25, 0.3) is 5.91 Å². The molecule has 0 aliphatic rings. The Labute approximate surface area is 203 Å². The molecule has 1 amide bonds. The Balaban J connectivity index is 1.62. The SMILES string of the molecule is CN(Cc1ccncc1)C(=O)c1[nH]c(SCc2cc(F)c(F)cc2Cl)nc1-c1ccc(F)cc1. The largest absolute Gasteiger partial charge is 0.336 e. The number of thioether (sulfide) groups is 1. The number of benzene rings is 2. The molecule has 4 rings (SSSR count). The summed E-state index contributed by atoms with van der Waals surface area (Å²) in [6.45, 7) is 0.343. The molecule has 2 aromatic carbocycles. The summed E-state index contributed by atoms with van der Waals surface area (Å²) in [6, 6.07) is 11.2. The van der Waals surface area contributed by atoms with E-state index in [1.807, 2.05) is 12.1 Å². The maximum Gasteiger partial charge on any atom is 0.272 e. The number of hydrogen-bond donors (Lipinski definition) is 1. The van der Waals surface area contributed by atoms with Gasteiger partial charge in [-0.05, 0) is 59.7 Å². The van der Waals surface area contributed by atoms with Gasteiger partial charge in [0, 0.05) is 42.3 Å². The maximum atomic E-state index is 13.6. The predicted octanol–water partition coefficient (Wildman–Crippen LogP) is 6.11. The van der Waals surface area contributed by atoms with Crippen molar-refractivity contribution in [3.63, 3.8) is 0 Å². The molecule has 0 atom stereocenters. The van der Waals surface area contributed by atoms with Gasteiger partial charge >= 0.3 is 0 Å². The van der Waals surface area contributed by atoms with Crippen LogP contribution in [-0.2, 0) is 12.3 Å². The van der Waals surface area contributed by atoms with E-state index in [1.165, 1.54) is 40.9 Å². The molecule has 0 radical (unpaired) electrons. The Hall–Kier alpha value is -3.30. The number of amides is 1. The predicted molar refractivity (Wildman–Crippen MR) is 125 cm³/mol. The fourth-order valence-corrected chi connectivity index (χ4v) is 4.39. The fourth-order valence-electron chi connectivity index (χ4n) is 3.24. The fraction of sp³-hybridized carbons (Fsp3) is 0.125. The minimum absolute atomic E-state index is 0.0881. The molecule has 174 valence electrons. The van der Waals surface area contributed by atoms with Gasteiger partial charge in [-0.1, -0.05) is 23.4 Å². The molecule has 4 aromatic rings. The van der Waals surface area contributed by atoms with Crippen molar-refractivity contribution in [1.82, 2.24) is 19.9 Å². The molecule has 1 N–H and O–H groups in total. The molecule has 0 aliphatic carbocycles. The number of carbonyl (C=O) groups is 1. The molecular formula is C24H18ClF3N4OS. The molecule has 0 bridgehead atoms. The Morgan fingerprint density at radius 2 is 1.74 bits per heavy atom. The molecule has 0 aliphatic heterocycles. The number of H-pyrrole nitrogens is 1. The molecule has 0 fully saturated rings. The lowest BCUT2D eigenvalue weighted by molar-refractivity contribution is 0.0780. The molecule has 34 heavy (non-hydrogen) atoms. The molecule has 0 spiro atoms. The van der Waals surface area contributed by atoms with Gasteiger partial charge < -0.3 is 9.88 Å². The van der Waals surface area contributed by atoms with Crippen LogP contribution < -0.4 is 0 Å². The van der Waals surface area contributed by atoms with Crippen LogP contribution in [0.2, 0.25) is 5.02 Å². The number of pyridine rings is 1. The highest BCUT2D eigenvalue weighted by atomic mass is 35.5. The lowest BCUT2D eigenvalue weighted by Crippen LogP contribution is -2.27. The molecule has 2 heterocycles. The van der Waals surface area contributed by atoms with Crippen LogP contribution >= 0.6 is 23.4 Å². The third kappa shape index (κ3) is 5.43. The second-order valence-electron chi connectivity index (χ2n) is 7.44. The van der Waals surface area contributed by atoms with Crippen LogP contribution in [0.15, 0.2) is 66.1 Å². The van der Waals surface area contributed by atoms with E-state index < -0.39 is 17.5 Å². The number of rotatable bonds is 7.